The van der Waals surface area contributed by atoms with Crippen LogP contribution in [-0.4, -0.2) is 35.5 Å². The zero-order valence-corrected chi connectivity index (χ0v) is 15.3. The van der Waals surface area contributed by atoms with Crippen LogP contribution in [-0.2, 0) is 17.7 Å². The van der Waals surface area contributed by atoms with Gasteiger partial charge in [-0.05, 0) is 34.7 Å². The van der Waals surface area contributed by atoms with Crippen LogP contribution in [0.1, 0.15) is 20.9 Å². The van der Waals surface area contributed by atoms with Crippen molar-refractivity contribution in [1.29, 1.82) is 0 Å². The number of methoxy groups -OCH3 is 1. The van der Waals surface area contributed by atoms with E-state index in [0.29, 0.717) is 30.2 Å². The van der Waals surface area contributed by atoms with Gasteiger partial charge in [-0.1, -0.05) is 23.5 Å². The van der Waals surface area contributed by atoms with Gasteiger partial charge < -0.3 is 9.64 Å². The maximum absolute atomic E-state index is 12.3. The highest BCUT2D eigenvalue weighted by Crippen LogP contribution is 2.29. The Morgan fingerprint density at radius 3 is 2.91 bits per heavy atom. The third-order valence-corrected chi connectivity index (χ3v) is 5.44. The highest BCUT2D eigenvalue weighted by Gasteiger charge is 2.25. The molecular weight excluding hydrogens is 429 g/mol. The topological polar surface area (TPSA) is 71.5 Å². The van der Waals surface area contributed by atoms with Crippen molar-refractivity contribution in [3.05, 3.63) is 44.0 Å². The van der Waals surface area contributed by atoms with Crippen LogP contribution in [0.5, 0.6) is 0 Å². The molecule has 0 unspecified atom stereocenters. The Kier molecular flexibility index (Phi) is 4.81. The molecule has 0 bridgehead atoms. The van der Waals surface area contributed by atoms with E-state index in [1.165, 1.54) is 18.4 Å². The van der Waals surface area contributed by atoms with Crippen molar-refractivity contribution in [2.24, 2.45) is 0 Å². The number of hydrogen-bond acceptors (Lipinski definition) is 5. The number of anilines is 1. The Morgan fingerprint density at radius 2 is 2.17 bits per heavy atom. The minimum Gasteiger partial charge on any atom is -0.453 e. The maximum atomic E-state index is 12.3. The fraction of sp³-hybridized carbons (Fsp3) is 0.267. The molecule has 0 fully saturated rings. The quantitative estimate of drug-likeness (QED) is 0.725. The number of nitrogens with one attached hydrogen (secondary N) is 1. The lowest BCUT2D eigenvalue weighted by molar-refractivity contribution is 0.102. The van der Waals surface area contributed by atoms with E-state index in [9.17, 15) is 9.59 Å². The first-order valence-electron chi connectivity index (χ1n) is 6.96. The fourth-order valence-electron chi connectivity index (χ4n) is 2.34. The van der Waals surface area contributed by atoms with Crippen molar-refractivity contribution < 1.29 is 14.3 Å². The number of aromatic nitrogens is 1. The van der Waals surface area contributed by atoms with Crippen LogP contribution >= 0.6 is 33.9 Å². The molecule has 1 aliphatic heterocycles. The molecule has 0 saturated carbocycles. The van der Waals surface area contributed by atoms with Crippen molar-refractivity contribution >= 4 is 51.1 Å². The average molecular weight is 443 g/mol. The number of carbonyl (C=O) groups is 2. The number of amides is 2. The predicted molar refractivity (Wildman–Crippen MR) is 95.7 cm³/mol. The number of hydrogen-bond donors (Lipinski definition) is 1. The molecule has 8 heteroatoms. The number of rotatable bonds is 2. The first-order chi connectivity index (χ1) is 11.1. The predicted octanol–water partition coefficient (Wildman–Crippen LogP) is 3.12. The van der Waals surface area contributed by atoms with E-state index < -0.39 is 0 Å². The van der Waals surface area contributed by atoms with Crippen LogP contribution in [0.3, 0.4) is 0 Å². The summed E-state index contributed by atoms with van der Waals surface area (Å²) in [4.78, 5) is 31.0. The lowest BCUT2D eigenvalue weighted by Crippen LogP contribution is -2.35. The SMILES string of the molecule is COC(=O)N1CCc2nc(NC(=O)c3ccccc3I)sc2C1. The molecule has 2 amide bonds. The minimum absolute atomic E-state index is 0.175. The molecule has 1 aromatic carbocycles. The van der Waals surface area contributed by atoms with Gasteiger partial charge in [0, 0.05) is 21.4 Å². The molecule has 120 valence electrons. The lowest BCUT2D eigenvalue weighted by atomic mass is 10.2. The Labute approximate surface area is 151 Å². The van der Waals surface area contributed by atoms with E-state index in [4.69, 9.17) is 4.74 Å². The summed E-state index contributed by atoms with van der Waals surface area (Å²) >= 11 is 3.53. The number of fused-ring (bicyclic) bond motifs is 1. The molecule has 0 saturated heterocycles. The summed E-state index contributed by atoms with van der Waals surface area (Å²) in [6.45, 7) is 1.05. The van der Waals surface area contributed by atoms with Gasteiger partial charge in [-0.2, -0.15) is 0 Å². The molecule has 23 heavy (non-hydrogen) atoms. The first-order valence-corrected chi connectivity index (χ1v) is 8.85. The van der Waals surface area contributed by atoms with Crippen molar-refractivity contribution in [2.75, 3.05) is 19.0 Å². The molecule has 1 N–H and O–H groups in total. The number of benzene rings is 1. The zero-order valence-electron chi connectivity index (χ0n) is 12.3. The summed E-state index contributed by atoms with van der Waals surface area (Å²) in [5.74, 6) is -0.175. The van der Waals surface area contributed by atoms with Crippen LogP contribution in [0.2, 0.25) is 0 Å². The van der Waals surface area contributed by atoms with Gasteiger partial charge >= 0.3 is 6.09 Å². The second kappa shape index (κ2) is 6.83. The van der Waals surface area contributed by atoms with Gasteiger partial charge in [0.2, 0.25) is 0 Å². The van der Waals surface area contributed by atoms with Gasteiger partial charge in [0.1, 0.15) is 0 Å². The van der Waals surface area contributed by atoms with Gasteiger partial charge in [0.15, 0.2) is 5.13 Å². The van der Waals surface area contributed by atoms with E-state index in [2.05, 4.69) is 32.9 Å². The molecule has 3 rings (SSSR count). The number of halogens is 1. The molecule has 0 radical (unpaired) electrons. The van der Waals surface area contributed by atoms with E-state index in [-0.39, 0.29) is 12.0 Å². The number of thiazole rings is 1. The monoisotopic (exact) mass is 443 g/mol. The lowest BCUT2D eigenvalue weighted by Gasteiger charge is -2.24. The van der Waals surface area contributed by atoms with Crippen molar-refractivity contribution in [3.8, 4) is 0 Å². The van der Waals surface area contributed by atoms with Crippen molar-refractivity contribution in [1.82, 2.24) is 9.88 Å². The van der Waals surface area contributed by atoms with E-state index in [1.54, 1.807) is 11.0 Å². The summed E-state index contributed by atoms with van der Waals surface area (Å²) in [6, 6.07) is 7.39. The van der Waals surface area contributed by atoms with Gasteiger partial charge in [-0.25, -0.2) is 9.78 Å². The molecule has 6 nitrogen and oxygen atoms in total. The van der Waals surface area contributed by atoms with Crippen molar-refractivity contribution in [2.45, 2.75) is 13.0 Å². The summed E-state index contributed by atoms with van der Waals surface area (Å²) < 4.78 is 5.64. The summed E-state index contributed by atoms with van der Waals surface area (Å²) in [5, 5.41) is 3.40. The Balaban J connectivity index is 1.74. The average Bonchev–Trinajstić information content (AvgIpc) is 2.95. The van der Waals surface area contributed by atoms with Gasteiger partial charge in [-0.3, -0.25) is 10.1 Å². The largest absolute Gasteiger partial charge is 0.453 e. The summed E-state index contributed by atoms with van der Waals surface area (Å²) in [6.07, 6.45) is 0.327. The number of carbonyl (C=O) groups excluding carboxylic acids is 2. The smallest absolute Gasteiger partial charge is 0.409 e. The second-order valence-electron chi connectivity index (χ2n) is 4.96. The highest BCUT2D eigenvalue weighted by molar-refractivity contribution is 14.1. The third-order valence-electron chi connectivity index (χ3n) is 3.50. The van der Waals surface area contributed by atoms with Gasteiger partial charge in [0.05, 0.1) is 24.9 Å². The Hall–Kier alpha value is -1.68. The molecule has 1 aliphatic rings. The van der Waals surface area contributed by atoms with Crippen LogP contribution in [0.4, 0.5) is 9.93 Å². The molecule has 0 aliphatic carbocycles. The number of nitrogens with zero attached hydrogens (tertiary/aromatic N) is 2. The van der Waals surface area contributed by atoms with Crippen LogP contribution in [0.15, 0.2) is 24.3 Å². The maximum Gasteiger partial charge on any atom is 0.409 e. The van der Waals surface area contributed by atoms with Crippen LogP contribution in [0, 0.1) is 3.57 Å². The van der Waals surface area contributed by atoms with Crippen LogP contribution in [0.25, 0.3) is 0 Å². The third kappa shape index (κ3) is 3.47. The number of ether oxygens (including phenoxy) is 1. The van der Waals surface area contributed by atoms with E-state index in [1.807, 2.05) is 18.2 Å². The normalized spacial score (nSPS) is 13.4. The highest BCUT2D eigenvalue weighted by atomic mass is 127. The minimum atomic E-state index is -0.339. The van der Waals surface area contributed by atoms with E-state index in [0.717, 1.165) is 14.1 Å². The summed E-state index contributed by atoms with van der Waals surface area (Å²) in [5.41, 5.74) is 1.56. The zero-order chi connectivity index (χ0) is 16.4. The Morgan fingerprint density at radius 1 is 1.39 bits per heavy atom. The fourth-order valence-corrected chi connectivity index (χ4v) is 3.99. The summed E-state index contributed by atoms with van der Waals surface area (Å²) in [7, 11) is 1.37. The van der Waals surface area contributed by atoms with Crippen molar-refractivity contribution in [3.63, 3.8) is 0 Å². The van der Waals surface area contributed by atoms with Gasteiger partial charge in [-0.15, -0.1) is 0 Å². The second-order valence-corrected chi connectivity index (χ2v) is 7.21. The first kappa shape index (κ1) is 16.2. The molecule has 0 atom stereocenters. The molecule has 2 aromatic rings. The standard InChI is InChI=1S/C15H14IN3O3S/c1-22-15(21)19-7-6-11-12(8-19)23-14(17-11)18-13(20)9-4-2-3-5-10(9)16/h2-5H,6-8H2,1H3,(H,17,18,20). The van der Waals surface area contributed by atoms with Gasteiger partial charge in [0.25, 0.3) is 5.91 Å². The molecule has 2 heterocycles. The Bertz CT molecular complexity index is 762. The molecule has 0 spiro atoms. The molecular formula is C15H14IN3O3S. The molecule has 1 aromatic heterocycles. The van der Waals surface area contributed by atoms with E-state index >= 15 is 0 Å². The van der Waals surface area contributed by atoms with Crippen LogP contribution < -0.4 is 5.32 Å².